The largest absolute Gasteiger partial charge is 0.366 e. The average molecular weight is 254 g/mol. The van der Waals surface area contributed by atoms with Gasteiger partial charge in [-0.15, -0.1) is 0 Å². The number of rotatable bonds is 5. The van der Waals surface area contributed by atoms with Crippen molar-refractivity contribution in [1.29, 1.82) is 0 Å². The lowest BCUT2D eigenvalue weighted by atomic mass is 10.1. The standard InChI is InChI=1S/C17H22N2/c1-14-3-7-16(8-4-14)13-19(12-11-18)17-9-5-15(2)6-10-17/h3-10H,11-13,18H2,1-2H3. The van der Waals surface area contributed by atoms with Crippen LogP contribution in [0.3, 0.4) is 0 Å². The van der Waals surface area contributed by atoms with Crippen molar-refractivity contribution in [1.82, 2.24) is 0 Å². The Hall–Kier alpha value is -1.80. The van der Waals surface area contributed by atoms with Crippen LogP contribution in [0.5, 0.6) is 0 Å². The fourth-order valence-corrected chi connectivity index (χ4v) is 2.12. The third kappa shape index (κ3) is 3.83. The Morgan fingerprint density at radius 3 is 1.89 bits per heavy atom. The van der Waals surface area contributed by atoms with Crippen LogP contribution in [0, 0.1) is 13.8 Å². The van der Waals surface area contributed by atoms with Crippen molar-refractivity contribution in [2.75, 3.05) is 18.0 Å². The zero-order valence-electron chi connectivity index (χ0n) is 11.8. The molecule has 0 atom stereocenters. The summed E-state index contributed by atoms with van der Waals surface area (Å²) in [5.74, 6) is 0. The highest BCUT2D eigenvalue weighted by Crippen LogP contribution is 2.17. The second-order valence-electron chi connectivity index (χ2n) is 5.03. The number of hydrogen-bond donors (Lipinski definition) is 1. The molecule has 0 aliphatic rings. The van der Waals surface area contributed by atoms with Gasteiger partial charge in [-0.05, 0) is 31.5 Å². The fraction of sp³-hybridized carbons (Fsp3) is 0.294. The van der Waals surface area contributed by atoms with E-state index in [2.05, 4.69) is 67.3 Å². The highest BCUT2D eigenvalue weighted by molar-refractivity contribution is 5.48. The Kier molecular flexibility index (Phi) is 4.58. The number of benzene rings is 2. The highest BCUT2D eigenvalue weighted by Gasteiger charge is 2.06. The first-order valence-corrected chi connectivity index (χ1v) is 6.76. The van der Waals surface area contributed by atoms with Gasteiger partial charge in [0, 0.05) is 25.3 Å². The summed E-state index contributed by atoms with van der Waals surface area (Å²) in [6, 6.07) is 17.3. The summed E-state index contributed by atoms with van der Waals surface area (Å²) in [7, 11) is 0. The Morgan fingerprint density at radius 2 is 1.37 bits per heavy atom. The van der Waals surface area contributed by atoms with Crippen LogP contribution < -0.4 is 10.6 Å². The molecule has 2 heteroatoms. The maximum Gasteiger partial charge on any atom is 0.0430 e. The molecule has 0 spiro atoms. The number of hydrogen-bond acceptors (Lipinski definition) is 2. The molecule has 0 amide bonds. The molecule has 0 bridgehead atoms. The number of nitrogens with zero attached hydrogens (tertiary/aromatic N) is 1. The van der Waals surface area contributed by atoms with Crippen LogP contribution >= 0.6 is 0 Å². The lowest BCUT2D eigenvalue weighted by Gasteiger charge is -2.24. The fourth-order valence-electron chi connectivity index (χ4n) is 2.12. The Labute approximate surface area is 115 Å². The molecule has 0 saturated carbocycles. The normalized spacial score (nSPS) is 10.5. The third-order valence-electron chi connectivity index (χ3n) is 3.29. The summed E-state index contributed by atoms with van der Waals surface area (Å²) in [5, 5.41) is 0. The molecule has 0 saturated heterocycles. The van der Waals surface area contributed by atoms with E-state index >= 15 is 0 Å². The van der Waals surface area contributed by atoms with Crippen molar-refractivity contribution < 1.29 is 0 Å². The first-order valence-electron chi connectivity index (χ1n) is 6.76. The molecule has 0 aliphatic heterocycles. The van der Waals surface area contributed by atoms with E-state index < -0.39 is 0 Å². The smallest absolute Gasteiger partial charge is 0.0430 e. The molecular weight excluding hydrogens is 232 g/mol. The van der Waals surface area contributed by atoms with Gasteiger partial charge in [0.25, 0.3) is 0 Å². The quantitative estimate of drug-likeness (QED) is 0.887. The SMILES string of the molecule is Cc1ccc(CN(CCN)c2ccc(C)cc2)cc1. The molecular formula is C17H22N2. The van der Waals surface area contributed by atoms with Crippen molar-refractivity contribution in [2.45, 2.75) is 20.4 Å². The molecule has 2 nitrogen and oxygen atoms in total. The molecule has 0 unspecified atom stereocenters. The van der Waals surface area contributed by atoms with Gasteiger partial charge in [-0.2, -0.15) is 0 Å². The van der Waals surface area contributed by atoms with Crippen LogP contribution in [-0.4, -0.2) is 13.1 Å². The van der Waals surface area contributed by atoms with Gasteiger partial charge in [0.15, 0.2) is 0 Å². The maximum atomic E-state index is 5.73. The molecule has 100 valence electrons. The summed E-state index contributed by atoms with van der Waals surface area (Å²) in [5.41, 5.74) is 10.9. The minimum absolute atomic E-state index is 0.666. The summed E-state index contributed by atoms with van der Waals surface area (Å²) < 4.78 is 0. The summed E-state index contributed by atoms with van der Waals surface area (Å²) in [4.78, 5) is 2.32. The molecule has 0 fully saturated rings. The third-order valence-corrected chi connectivity index (χ3v) is 3.29. The van der Waals surface area contributed by atoms with Crippen molar-refractivity contribution >= 4 is 5.69 Å². The average Bonchev–Trinajstić information content (AvgIpc) is 2.42. The molecule has 0 aromatic heterocycles. The Balaban J connectivity index is 2.15. The van der Waals surface area contributed by atoms with Gasteiger partial charge < -0.3 is 10.6 Å². The molecule has 0 heterocycles. The zero-order chi connectivity index (χ0) is 13.7. The van der Waals surface area contributed by atoms with Gasteiger partial charge in [-0.3, -0.25) is 0 Å². The lowest BCUT2D eigenvalue weighted by Crippen LogP contribution is -2.28. The van der Waals surface area contributed by atoms with Gasteiger partial charge in [-0.25, -0.2) is 0 Å². The van der Waals surface area contributed by atoms with Crippen LogP contribution in [0.1, 0.15) is 16.7 Å². The number of nitrogens with two attached hydrogens (primary N) is 1. The van der Waals surface area contributed by atoms with Crippen LogP contribution in [0.15, 0.2) is 48.5 Å². The minimum atomic E-state index is 0.666. The van der Waals surface area contributed by atoms with E-state index in [0.29, 0.717) is 6.54 Å². The minimum Gasteiger partial charge on any atom is -0.366 e. The van der Waals surface area contributed by atoms with E-state index in [1.165, 1.54) is 22.4 Å². The predicted octanol–water partition coefficient (Wildman–Crippen LogP) is 3.27. The van der Waals surface area contributed by atoms with Gasteiger partial charge in [-0.1, -0.05) is 47.5 Å². The monoisotopic (exact) mass is 254 g/mol. The second-order valence-corrected chi connectivity index (χ2v) is 5.03. The van der Waals surface area contributed by atoms with E-state index in [4.69, 9.17) is 5.73 Å². The van der Waals surface area contributed by atoms with E-state index in [9.17, 15) is 0 Å². The van der Waals surface area contributed by atoms with Crippen LogP contribution in [0.25, 0.3) is 0 Å². The van der Waals surface area contributed by atoms with Crippen LogP contribution in [0.4, 0.5) is 5.69 Å². The van der Waals surface area contributed by atoms with E-state index in [-0.39, 0.29) is 0 Å². The first kappa shape index (κ1) is 13.6. The van der Waals surface area contributed by atoms with E-state index in [1.807, 2.05) is 0 Å². The first-order chi connectivity index (χ1) is 9.19. The van der Waals surface area contributed by atoms with E-state index in [1.54, 1.807) is 0 Å². The van der Waals surface area contributed by atoms with Gasteiger partial charge in [0.2, 0.25) is 0 Å². The zero-order valence-corrected chi connectivity index (χ0v) is 11.8. The molecule has 0 radical (unpaired) electrons. The number of anilines is 1. The van der Waals surface area contributed by atoms with Gasteiger partial charge in [0.1, 0.15) is 0 Å². The van der Waals surface area contributed by atoms with Crippen molar-refractivity contribution in [3.8, 4) is 0 Å². The van der Waals surface area contributed by atoms with Gasteiger partial charge >= 0.3 is 0 Å². The van der Waals surface area contributed by atoms with Gasteiger partial charge in [0.05, 0.1) is 0 Å². The molecule has 0 aliphatic carbocycles. The molecule has 2 N–H and O–H groups in total. The summed E-state index contributed by atoms with van der Waals surface area (Å²) in [6.07, 6.45) is 0. The highest BCUT2D eigenvalue weighted by atomic mass is 15.1. The molecule has 2 rings (SSSR count). The molecule has 2 aromatic rings. The second kappa shape index (κ2) is 6.39. The van der Waals surface area contributed by atoms with Crippen molar-refractivity contribution in [3.63, 3.8) is 0 Å². The lowest BCUT2D eigenvalue weighted by molar-refractivity contribution is 0.790. The predicted molar refractivity (Wildman–Crippen MR) is 82.5 cm³/mol. The Bertz CT molecular complexity index is 500. The summed E-state index contributed by atoms with van der Waals surface area (Å²) in [6.45, 7) is 6.66. The molecule has 2 aromatic carbocycles. The molecule has 19 heavy (non-hydrogen) atoms. The van der Waals surface area contributed by atoms with Crippen LogP contribution in [-0.2, 0) is 6.54 Å². The van der Waals surface area contributed by atoms with Crippen molar-refractivity contribution in [2.24, 2.45) is 5.73 Å². The summed E-state index contributed by atoms with van der Waals surface area (Å²) >= 11 is 0. The topological polar surface area (TPSA) is 29.3 Å². The number of aryl methyl sites for hydroxylation is 2. The van der Waals surface area contributed by atoms with Crippen molar-refractivity contribution in [3.05, 3.63) is 65.2 Å². The van der Waals surface area contributed by atoms with E-state index in [0.717, 1.165) is 13.1 Å². The van der Waals surface area contributed by atoms with Crippen LogP contribution in [0.2, 0.25) is 0 Å². The Morgan fingerprint density at radius 1 is 0.842 bits per heavy atom. The maximum absolute atomic E-state index is 5.73.